The molecular weight excluding hydrogens is 346 g/mol. The van der Waals surface area contributed by atoms with Crippen molar-refractivity contribution in [3.63, 3.8) is 0 Å². The molecule has 1 aliphatic heterocycles. The van der Waals surface area contributed by atoms with Crippen molar-refractivity contribution in [2.24, 2.45) is 0 Å². The lowest BCUT2D eigenvalue weighted by Gasteiger charge is -2.34. The van der Waals surface area contributed by atoms with Crippen LogP contribution in [-0.4, -0.2) is 55.0 Å². The van der Waals surface area contributed by atoms with E-state index in [9.17, 15) is 4.79 Å². The van der Waals surface area contributed by atoms with Crippen LogP contribution >= 0.6 is 0 Å². The number of nitrogens with zero attached hydrogens (tertiary/aromatic N) is 2. The van der Waals surface area contributed by atoms with E-state index in [2.05, 4.69) is 78.7 Å². The Labute approximate surface area is 168 Å². The van der Waals surface area contributed by atoms with E-state index in [-0.39, 0.29) is 5.91 Å². The summed E-state index contributed by atoms with van der Waals surface area (Å²) in [6.07, 6.45) is 4.92. The quantitative estimate of drug-likeness (QED) is 0.793. The third-order valence-corrected chi connectivity index (χ3v) is 5.25. The summed E-state index contributed by atoms with van der Waals surface area (Å²) in [5, 5.41) is 3.41. The van der Waals surface area contributed by atoms with E-state index >= 15 is 0 Å². The minimum Gasteiger partial charge on any atom is -0.384 e. The maximum atomic E-state index is 12.5. The van der Waals surface area contributed by atoms with E-state index in [0.29, 0.717) is 13.0 Å². The standard InChI is InChI=1S/C24H31N3O/c1-20-10-11-21(2)23(19-20)25-13-12-24(28)27-17-15-26(16-18-27)14-6-9-22-7-4-3-5-8-22/h3-11,19,25H,12-18H2,1-2H3/b9-6+. The van der Waals surface area contributed by atoms with Gasteiger partial charge in [-0.1, -0.05) is 54.6 Å². The molecule has 0 aliphatic carbocycles. The number of rotatable bonds is 7. The molecule has 1 saturated heterocycles. The second kappa shape index (κ2) is 10.1. The van der Waals surface area contributed by atoms with Crippen molar-refractivity contribution >= 4 is 17.7 Å². The Morgan fingerprint density at radius 2 is 1.79 bits per heavy atom. The average molecular weight is 378 g/mol. The first-order valence-electron chi connectivity index (χ1n) is 10.1. The molecule has 0 radical (unpaired) electrons. The van der Waals surface area contributed by atoms with Gasteiger partial charge in [-0.05, 0) is 36.6 Å². The van der Waals surface area contributed by atoms with E-state index < -0.39 is 0 Å². The highest BCUT2D eigenvalue weighted by Crippen LogP contribution is 2.16. The molecule has 2 aromatic rings. The van der Waals surface area contributed by atoms with Gasteiger partial charge in [0.2, 0.25) is 5.91 Å². The normalized spacial score (nSPS) is 15.1. The summed E-state index contributed by atoms with van der Waals surface area (Å²) in [5.41, 5.74) is 4.81. The first-order valence-corrected chi connectivity index (χ1v) is 10.1. The van der Waals surface area contributed by atoms with Crippen molar-refractivity contribution in [3.8, 4) is 0 Å². The van der Waals surface area contributed by atoms with Crippen LogP contribution in [0.5, 0.6) is 0 Å². The number of hydrogen-bond donors (Lipinski definition) is 1. The maximum absolute atomic E-state index is 12.5. The van der Waals surface area contributed by atoms with Gasteiger partial charge in [-0.25, -0.2) is 0 Å². The minimum absolute atomic E-state index is 0.247. The van der Waals surface area contributed by atoms with Gasteiger partial charge in [-0.3, -0.25) is 9.69 Å². The van der Waals surface area contributed by atoms with Crippen LogP contribution in [0.25, 0.3) is 6.08 Å². The molecule has 2 aromatic carbocycles. The van der Waals surface area contributed by atoms with Gasteiger partial charge >= 0.3 is 0 Å². The Bertz CT molecular complexity index is 793. The lowest BCUT2D eigenvalue weighted by atomic mass is 10.1. The summed E-state index contributed by atoms with van der Waals surface area (Å²) < 4.78 is 0. The van der Waals surface area contributed by atoms with Crippen molar-refractivity contribution in [2.75, 3.05) is 44.6 Å². The molecule has 1 amide bonds. The Morgan fingerprint density at radius 1 is 1.04 bits per heavy atom. The van der Waals surface area contributed by atoms with Gasteiger partial charge < -0.3 is 10.2 Å². The number of amides is 1. The summed E-state index contributed by atoms with van der Waals surface area (Å²) in [7, 11) is 0. The van der Waals surface area contributed by atoms with Gasteiger partial charge in [0.1, 0.15) is 0 Å². The van der Waals surface area contributed by atoms with Crippen LogP contribution in [0, 0.1) is 13.8 Å². The minimum atomic E-state index is 0.247. The monoisotopic (exact) mass is 377 g/mol. The molecule has 1 fully saturated rings. The topological polar surface area (TPSA) is 35.6 Å². The molecule has 1 heterocycles. The van der Waals surface area contributed by atoms with Gasteiger partial charge in [0.15, 0.2) is 0 Å². The molecule has 0 saturated carbocycles. The fourth-order valence-corrected chi connectivity index (χ4v) is 3.47. The summed E-state index contributed by atoms with van der Waals surface area (Å²) in [6, 6.07) is 16.7. The molecule has 0 bridgehead atoms. The Morgan fingerprint density at radius 3 is 2.54 bits per heavy atom. The van der Waals surface area contributed by atoms with Crippen LogP contribution in [0.1, 0.15) is 23.1 Å². The highest BCUT2D eigenvalue weighted by Gasteiger charge is 2.19. The van der Waals surface area contributed by atoms with Crippen LogP contribution in [-0.2, 0) is 4.79 Å². The molecule has 4 heteroatoms. The van der Waals surface area contributed by atoms with E-state index in [0.717, 1.165) is 38.4 Å². The molecule has 28 heavy (non-hydrogen) atoms. The number of nitrogens with one attached hydrogen (secondary N) is 1. The molecule has 0 atom stereocenters. The lowest BCUT2D eigenvalue weighted by molar-refractivity contribution is -0.132. The van der Waals surface area contributed by atoms with Crippen LogP contribution in [0.3, 0.4) is 0 Å². The number of aryl methyl sites for hydroxylation is 2. The zero-order valence-electron chi connectivity index (χ0n) is 17.0. The number of benzene rings is 2. The van der Waals surface area contributed by atoms with E-state index in [4.69, 9.17) is 0 Å². The second-order valence-electron chi connectivity index (χ2n) is 7.49. The van der Waals surface area contributed by atoms with Crippen molar-refractivity contribution < 1.29 is 4.79 Å². The Hall–Kier alpha value is -2.59. The summed E-state index contributed by atoms with van der Waals surface area (Å²) in [4.78, 5) is 16.9. The summed E-state index contributed by atoms with van der Waals surface area (Å²) >= 11 is 0. The van der Waals surface area contributed by atoms with Crippen LogP contribution < -0.4 is 5.32 Å². The van der Waals surface area contributed by atoms with Crippen LogP contribution in [0.15, 0.2) is 54.6 Å². The van der Waals surface area contributed by atoms with Gasteiger partial charge in [-0.15, -0.1) is 0 Å². The Balaban J connectivity index is 1.36. The van der Waals surface area contributed by atoms with E-state index in [1.54, 1.807) is 0 Å². The second-order valence-corrected chi connectivity index (χ2v) is 7.49. The molecule has 0 unspecified atom stereocenters. The number of piperazine rings is 1. The van der Waals surface area contributed by atoms with Crippen molar-refractivity contribution in [1.82, 2.24) is 9.80 Å². The van der Waals surface area contributed by atoms with Crippen molar-refractivity contribution in [1.29, 1.82) is 0 Å². The number of hydrogen-bond acceptors (Lipinski definition) is 3. The van der Waals surface area contributed by atoms with Crippen LogP contribution in [0.4, 0.5) is 5.69 Å². The zero-order chi connectivity index (χ0) is 19.8. The zero-order valence-corrected chi connectivity index (χ0v) is 17.0. The van der Waals surface area contributed by atoms with E-state index in [1.165, 1.54) is 16.7 Å². The molecule has 0 aromatic heterocycles. The maximum Gasteiger partial charge on any atom is 0.224 e. The lowest BCUT2D eigenvalue weighted by Crippen LogP contribution is -2.48. The molecule has 1 aliphatic rings. The number of carbonyl (C=O) groups excluding carboxylic acids is 1. The van der Waals surface area contributed by atoms with Crippen molar-refractivity contribution in [3.05, 3.63) is 71.3 Å². The molecule has 1 N–H and O–H groups in total. The predicted molar refractivity (Wildman–Crippen MR) is 118 cm³/mol. The molecule has 3 rings (SSSR count). The fraction of sp³-hybridized carbons (Fsp3) is 0.375. The smallest absolute Gasteiger partial charge is 0.224 e. The van der Waals surface area contributed by atoms with Gasteiger partial charge in [-0.2, -0.15) is 0 Å². The molecule has 0 spiro atoms. The molecular formula is C24H31N3O. The first kappa shape index (κ1) is 20.2. The summed E-state index contributed by atoms with van der Waals surface area (Å²) in [6.45, 7) is 9.32. The van der Waals surface area contributed by atoms with Crippen LogP contribution in [0.2, 0.25) is 0 Å². The summed E-state index contributed by atoms with van der Waals surface area (Å²) in [5.74, 6) is 0.247. The van der Waals surface area contributed by atoms with Gasteiger partial charge in [0.05, 0.1) is 0 Å². The third kappa shape index (κ3) is 5.96. The van der Waals surface area contributed by atoms with Crippen molar-refractivity contribution in [2.45, 2.75) is 20.3 Å². The highest BCUT2D eigenvalue weighted by molar-refractivity contribution is 5.77. The first-order chi connectivity index (χ1) is 13.6. The Kier molecular flexibility index (Phi) is 7.26. The molecule has 148 valence electrons. The largest absolute Gasteiger partial charge is 0.384 e. The number of carbonyl (C=O) groups is 1. The predicted octanol–water partition coefficient (Wildman–Crippen LogP) is 3.96. The van der Waals surface area contributed by atoms with E-state index in [1.807, 2.05) is 11.0 Å². The SMILES string of the molecule is Cc1ccc(C)c(NCCC(=O)N2CCN(C/C=C/c3ccccc3)CC2)c1. The fourth-order valence-electron chi connectivity index (χ4n) is 3.47. The third-order valence-electron chi connectivity index (χ3n) is 5.25. The average Bonchev–Trinajstić information content (AvgIpc) is 2.72. The van der Waals surface area contributed by atoms with Gasteiger partial charge in [0, 0.05) is 51.4 Å². The highest BCUT2D eigenvalue weighted by atomic mass is 16.2. The van der Waals surface area contributed by atoms with Gasteiger partial charge in [0.25, 0.3) is 0 Å². The molecule has 4 nitrogen and oxygen atoms in total. The number of anilines is 1.